The normalized spacial score (nSPS) is 12.0. The fraction of sp³-hybridized carbons (Fsp3) is 0.667. The summed E-state index contributed by atoms with van der Waals surface area (Å²) in [6.07, 6.45) is 1.61. The highest BCUT2D eigenvalue weighted by Crippen LogP contribution is 2.15. The molecule has 0 atom stereocenters. The molecule has 0 bridgehead atoms. The molecule has 86 valence electrons. The molecule has 0 saturated heterocycles. The van der Waals surface area contributed by atoms with E-state index in [2.05, 4.69) is 23.0 Å². The number of aryl methyl sites for hydroxylation is 1. The summed E-state index contributed by atoms with van der Waals surface area (Å²) in [6, 6.07) is 0. The largest absolute Gasteiger partial charge is 0.389 e. The topological polar surface area (TPSA) is 32.3 Å². The predicted molar refractivity (Wildman–Crippen MR) is 66.3 cm³/mol. The Morgan fingerprint density at radius 1 is 1.33 bits per heavy atom. The smallest absolute Gasteiger partial charge is 0.0766 e. The quantitative estimate of drug-likeness (QED) is 0.783. The highest BCUT2D eigenvalue weighted by atomic mass is 32.1. The minimum absolute atomic E-state index is 0.538. The summed E-state index contributed by atoms with van der Waals surface area (Å²) in [4.78, 5) is 0. The summed E-state index contributed by atoms with van der Waals surface area (Å²) < 4.78 is 0. The van der Waals surface area contributed by atoms with Gasteiger partial charge < -0.3 is 10.4 Å². The lowest BCUT2D eigenvalue weighted by molar-refractivity contribution is 0.0323. The second-order valence-electron chi connectivity index (χ2n) is 4.12. The van der Waals surface area contributed by atoms with Crippen LogP contribution in [0, 0.1) is 6.92 Å². The van der Waals surface area contributed by atoms with Gasteiger partial charge in [-0.2, -0.15) is 11.3 Å². The van der Waals surface area contributed by atoms with Crippen LogP contribution in [-0.4, -0.2) is 17.3 Å². The van der Waals surface area contributed by atoms with Crippen molar-refractivity contribution in [3.63, 3.8) is 0 Å². The summed E-state index contributed by atoms with van der Waals surface area (Å²) in [5.41, 5.74) is 2.14. The fourth-order valence-electron chi connectivity index (χ4n) is 1.50. The van der Waals surface area contributed by atoms with Gasteiger partial charge in [-0.15, -0.1) is 0 Å². The van der Waals surface area contributed by atoms with Crippen molar-refractivity contribution in [2.45, 2.75) is 45.8 Å². The van der Waals surface area contributed by atoms with Gasteiger partial charge in [-0.05, 0) is 41.7 Å². The summed E-state index contributed by atoms with van der Waals surface area (Å²) >= 11 is 1.73. The van der Waals surface area contributed by atoms with Crippen molar-refractivity contribution >= 4 is 11.3 Å². The molecule has 2 nitrogen and oxygen atoms in total. The van der Waals surface area contributed by atoms with Gasteiger partial charge >= 0.3 is 0 Å². The van der Waals surface area contributed by atoms with Crippen molar-refractivity contribution in [1.29, 1.82) is 0 Å². The summed E-state index contributed by atoms with van der Waals surface area (Å²) in [5, 5.41) is 17.7. The molecule has 1 rings (SSSR count). The second-order valence-corrected chi connectivity index (χ2v) is 4.86. The van der Waals surface area contributed by atoms with E-state index in [1.807, 2.05) is 13.8 Å². The van der Waals surface area contributed by atoms with E-state index in [4.69, 9.17) is 0 Å². The molecule has 0 unspecified atom stereocenters. The first-order valence-corrected chi connectivity index (χ1v) is 6.50. The van der Waals surface area contributed by atoms with Crippen LogP contribution >= 0.6 is 11.3 Å². The standard InChI is InChI=1S/C12H21NOS/c1-4-12(14,5-2)9-13-6-11-8-15-7-10(11)3/h7-8,13-14H,4-6,9H2,1-3H3. The highest BCUT2D eigenvalue weighted by molar-refractivity contribution is 7.08. The molecule has 0 fully saturated rings. The van der Waals surface area contributed by atoms with E-state index in [1.54, 1.807) is 11.3 Å². The Morgan fingerprint density at radius 2 is 2.00 bits per heavy atom. The summed E-state index contributed by atoms with van der Waals surface area (Å²) in [7, 11) is 0. The Kier molecular flexibility index (Phi) is 4.77. The molecule has 2 N–H and O–H groups in total. The van der Waals surface area contributed by atoms with Crippen LogP contribution in [0.4, 0.5) is 0 Å². The Balaban J connectivity index is 2.36. The van der Waals surface area contributed by atoms with E-state index in [1.165, 1.54) is 11.1 Å². The van der Waals surface area contributed by atoms with Gasteiger partial charge in [0.1, 0.15) is 0 Å². The number of thiophene rings is 1. The molecule has 0 aromatic carbocycles. The Bertz CT molecular complexity index is 292. The molecule has 0 amide bonds. The maximum atomic E-state index is 10.1. The van der Waals surface area contributed by atoms with E-state index in [-0.39, 0.29) is 0 Å². The van der Waals surface area contributed by atoms with Gasteiger partial charge in [-0.3, -0.25) is 0 Å². The summed E-state index contributed by atoms with van der Waals surface area (Å²) in [6.45, 7) is 7.72. The zero-order valence-electron chi connectivity index (χ0n) is 9.84. The van der Waals surface area contributed by atoms with Gasteiger partial charge in [0.05, 0.1) is 5.60 Å². The molecule has 0 aliphatic rings. The fourth-order valence-corrected chi connectivity index (χ4v) is 2.35. The maximum absolute atomic E-state index is 10.1. The number of hydrogen-bond acceptors (Lipinski definition) is 3. The van der Waals surface area contributed by atoms with Crippen molar-refractivity contribution in [2.75, 3.05) is 6.54 Å². The SMILES string of the molecule is CCC(O)(CC)CNCc1cscc1C. The lowest BCUT2D eigenvalue weighted by Gasteiger charge is -2.25. The maximum Gasteiger partial charge on any atom is 0.0766 e. The number of nitrogens with one attached hydrogen (secondary N) is 1. The predicted octanol–water partition coefficient (Wildman–Crippen LogP) is 2.70. The molecule has 0 aliphatic heterocycles. The van der Waals surface area contributed by atoms with Crippen LogP contribution in [-0.2, 0) is 6.54 Å². The Labute approximate surface area is 96.3 Å². The van der Waals surface area contributed by atoms with Crippen LogP contribution in [0.5, 0.6) is 0 Å². The molecule has 1 aromatic heterocycles. The van der Waals surface area contributed by atoms with E-state index in [0.717, 1.165) is 19.4 Å². The average Bonchev–Trinajstić information content (AvgIpc) is 2.64. The van der Waals surface area contributed by atoms with Crippen LogP contribution in [0.25, 0.3) is 0 Å². The van der Waals surface area contributed by atoms with Crippen LogP contribution in [0.15, 0.2) is 10.8 Å². The lowest BCUT2D eigenvalue weighted by atomic mass is 9.97. The minimum atomic E-state index is -0.538. The van der Waals surface area contributed by atoms with Gasteiger partial charge in [0.2, 0.25) is 0 Å². The van der Waals surface area contributed by atoms with E-state index in [9.17, 15) is 5.11 Å². The first-order chi connectivity index (χ1) is 7.11. The zero-order valence-corrected chi connectivity index (χ0v) is 10.7. The van der Waals surface area contributed by atoms with Crippen molar-refractivity contribution in [3.05, 3.63) is 21.9 Å². The number of aliphatic hydroxyl groups is 1. The molecular formula is C12H21NOS. The van der Waals surface area contributed by atoms with Crippen molar-refractivity contribution in [2.24, 2.45) is 0 Å². The van der Waals surface area contributed by atoms with Crippen molar-refractivity contribution in [3.8, 4) is 0 Å². The average molecular weight is 227 g/mol. The Morgan fingerprint density at radius 3 is 2.47 bits per heavy atom. The third kappa shape index (κ3) is 3.59. The van der Waals surface area contributed by atoms with Gasteiger partial charge in [0.25, 0.3) is 0 Å². The van der Waals surface area contributed by atoms with E-state index < -0.39 is 5.60 Å². The molecule has 0 saturated carbocycles. The molecular weight excluding hydrogens is 206 g/mol. The van der Waals surface area contributed by atoms with Gasteiger partial charge in [0, 0.05) is 13.1 Å². The van der Waals surface area contributed by atoms with Gasteiger partial charge in [-0.25, -0.2) is 0 Å². The molecule has 0 aliphatic carbocycles. The van der Waals surface area contributed by atoms with Crippen LogP contribution in [0.1, 0.15) is 37.8 Å². The van der Waals surface area contributed by atoms with Gasteiger partial charge in [0.15, 0.2) is 0 Å². The Hall–Kier alpha value is -0.380. The third-order valence-electron chi connectivity index (χ3n) is 3.05. The molecule has 0 radical (unpaired) electrons. The number of rotatable bonds is 6. The van der Waals surface area contributed by atoms with E-state index >= 15 is 0 Å². The zero-order chi connectivity index (χ0) is 11.3. The van der Waals surface area contributed by atoms with Crippen LogP contribution in [0.3, 0.4) is 0 Å². The van der Waals surface area contributed by atoms with Crippen LogP contribution < -0.4 is 5.32 Å². The molecule has 15 heavy (non-hydrogen) atoms. The molecule has 3 heteroatoms. The van der Waals surface area contributed by atoms with Crippen molar-refractivity contribution < 1.29 is 5.11 Å². The minimum Gasteiger partial charge on any atom is -0.389 e. The molecule has 1 heterocycles. The van der Waals surface area contributed by atoms with Gasteiger partial charge in [-0.1, -0.05) is 13.8 Å². The third-order valence-corrected chi connectivity index (χ3v) is 3.96. The second kappa shape index (κ2) is 5.64. The summed E-state index contributed by atoms with van der Waals surface area (Å²) in [5.74, 6) is 0. The van der Waals surface area contributed by atoms with Crippen molar-refractivity contribution in [1.82, 2.24) is 5.32 Å². The molecule has 1 aromatic rings. The molecule has 0 spiro atoms. The first kappa shape index (κ1) is 12.7. The monoisotopic (exact) mass is 227 g/mol. The first-order valence-electron chi connectivity index (χ1n) is 5.56. The lowest BCUT2D eigenvalue weighted by Crippen LogP contribution is -2.39. The highest BCUT2D eigenvalue weighted by Gasteiger charge is 2.21. The van der Waals surface area contributed by atoms with E-state index in [0.29, 0.717) is 6.54 Å². The number of hydrogen-bond donors (Lipinski definition) is 2. The van der Waals surface area contributed by atoms with Crippen LogP contribution in [0.2, 0.25) is 0 Å².